The molecule has 3 heterocycles. The normalized spacial score (nSPS) is 19.8. The van der Waals surface area contributed by atoms with Gasteiger partial charge in [-0.05, 0) is 45.9 Å². The number of hydrogen-bond acceptors (Lipinski definition) is 6. The van der Waals surface area contributed by atoms with E-state index in [4.69, 9.17) is 11.6 Å². The van der Waals surface area contributed by atoms with Crippen LogP contribution in [0, 0.1) is 12.7 Å². The number of aliphatic hydroxyl groups excluding tert-OH is 1. The third kappa shape index (κ3) is 3.80. The van der Waals surface area contributed by atoms with Crippen LogP contribution in [0.5, 0.6) is 0 Å². The van der Waals surface area contributed by atoms with Crippen LogP contribution in [-0.4, -0.2) is 49.9 Å². The highest BCUT2D eigenvalue weighted by molar-refractivity contribution is 6.33. The average molecular weight is 419 g/mol. The van der Waals surface area contributed by atoms with Crippen LogP contribution in [0.15, 0.2) is 18.3 Å². The lowest BCUT2D eigenvalue weighted by Gasteiger charge is -2.29. The van der Waals surface area contributed by atoms with Crippen LogP contribution >= 0.6 is 11.6 Å². The first-order valence-electron chi connectivity index (χ1n) is 9.71. The van der Waals surface area contributed by atoms with Gasteiger partial charge in [0.25, 0.3) is 0 Å². The van der Waals surface area contributed by atoms with Crippen molar-refractivity contribution in [2.75, 3.05) is 18.4 Å². The number of benzene rings is 1. The molecule has 7 nitrogen and oxygen atoms in total. The number of aryl methyl sites for hydroxylation is 1. The number of rotatable bonds is 4. The summed E-state index contributed by atoms with van der Waals surface area (Å²) in [6.07, 6.45) is 1.70. The van der Waals surface area contributed by atoms with Crippen LogP contribution in [0.1, 0.15) is 32.1 Å². The second-order valence-electron chi connectivity index (χ2n) is 7.65. The van der Waals surface area contributed by atoms with Gasteiger partial charge in [0.05, 0.1) is 34.6 Å². The van der Waals surface area contributed by atoms with Crippen LogP contribution in [0.3, 0.4) is 0 Å². The van der Waals surface area contributed by atoms with Gasteiger partial charge >= 0.3 is 0 Å². The van der Waals surface area contributed by atoms with Crippen LogP contribution in [0.2, 0.25) is 5.02 Å². The van der Waals surface area contributed by atoms with Crippen molar-refractivity contribution in [3.8, 4) is 11.3 Å². The number of fused-ring (bicyclic) bond motifs is 1. The molecule has 2 aromatic heterocycles. The Balaban J connectivity index is 1.76. The zero-order chi connectivity index (χ0) is 20.7. The molecule has 3 aromatic rings. The van der Waals surface area contributed by atoms with E-state index in [1.54, 1.807) is 0 Å². The molecule has 0 spiro atoms. The Labute approximate surface area is 173 Å². The van der Waals surface area contributed by atoms with E-state index in [1.165, 1.54) is 12.3 Å². The Morgan fingerprint density at radius 1 is 1.34 bits per heavy atom. The summed E-state index contributed by atoms with van der Waals surface area (Å²) in [6, 6.07) is 3.23. The van der Waals surface area contributed by atoms with Gasteiger partial charge in [0, 0.05) is 18.2 Å². The highest BCUT2D eigenvalue weighted by Gasteiger charge is 2.24. The Morgan fingerprint density at radius 2 is 2.14 bits per heavy atom. The van der Waals surface area contributed by atoms with Crippen molar-refractivity contribution >= 4 is 28.6 Å². The quantitative estimate of drug-likeness (QED) is 0.602. The van der Waals surface area contributed by atoms with Crippen LogP contribution in [-0.2, 0) is 0 Å². The fourth-order valence-electron chi connectivity index (χ4n) is 3.87. The lowest BCUT2D eigenvalue weighted by Crippen LogP contribution is -2.47. The minimum atomic E-state index is -0.538. The summed E-state index contributed by atoms with van der Waals surface area (Å²) in [5.74, 6) is 0.685. The molecule has 0 radical (unpaired) electrons. The molecule has 0 unspecified atom stereocenters. The maximum Gasteiger partial charge on any atom is 0.223 e. The molecule has 154 valence electrons. The second-order valence-corrected chi connectivity index (χ2v) is 8.06. The number of nitrogens with one attached hydrogen (secondary N) is 2. The Kier molecular flexibility index (Phi) is 5.42. The van der Waals surface area contributed by atoms with Gasteiger partial charge in [-0.15, -0.1) is 0 Å². The van der Waals surface area contributed by atoms with Crippen molar-refractivity contribution in [3.63, 3.8) is 0 Å². The lowest BCUT2D eigenvalue weighted by atomic mass is 10.0. The Morgan fingerprint density at radius 3 is 2.86 bits per heavy atom. The molecule has 0 aliphatic carbocycles. The minimum absolute atomic E-state index is 0.133. The van der Waals surface area contributed by atoms with E-state index >= 15 is 0 Å². The summed E-state index contributed by atoms with van der Waals surface area (Å²) in [7, 11) is 0. The number of aromatic nitrogens is 4. The fourth-order valence-corrected chi connectivity index (χ4v) is 4.07. The molecule has 0 bridgehead atoms. The zero-order valence-corrected chi connectivity index (χ0v) is 17.3. The third-order valence-electron chi connectivity index (χ3n) is 5.22. The van der Waals surface area contributed by atoms with Gasteiger partial charge in [0.15, 0.2) is 5.82 Å². The van der Waals surface area contributed by atoms with Crippen LogP contribution in [0.25, 0.3) is 22.3 Å². The van der Waals surface area contributed by atoms with Gasteiger partial charge in [0.1, 0.15) is 11.3 Å². The summed E-state index contributed by atoms with van der Waals surface area (Å²) in [4.78, 5) is 13.1. The standard InChI is InChI=1S/C20H24ClFN6O/c1-10(2)28-11(3)25-19-14(22)6-12(7-16(19)28)18-13(21)8-24-20(27-18)26-15-4-5-23-9-17(15)29/h6-8,10,15,17,23,29H,4-5,9H2,1-3H3,(H,24,26,27)/t15-,17-/m1/s1. The lowest BCUT2D eigenvalue weighted by molar-refractivity contribution is 0.128. The molecule has 1 aliphatic rings. The molecular weight excluding hydrogens is 395 g/mol. The highest BCUT2D eigenvalue weighted by Crippen LogP contribution is 2.32. The average Bonchev–Trinajstić information content (AvgIpc) is 3.02. The summed E-state index contributed by atoms with van der Waals surface area (Å²) in [5.41, 5.74) is 2.02. The van der Waals surface area contributed by atoms with Crippen LogP contribution in [0.4, 0.5) is 10.3 Å². The van der Waals surface area contributed by atoms with Gasteiger partial charge in [-0.3, -0.25) is 0 Å². The summed E-state index contributed by atoms with van der Waals surface area (Å²) >= 11 is 6.36. The molecule has 0 saturated carbocycles. The van der Waals surface area contributed by atoms with E-state index in [2.05, 4.69) is 25.6 Å². The SMILES string of the molecule is Cc1nc2c(F)cc(-c3nc(N[C@@H]4CCNC[C@H]4O)ncc3Cl)cc2n1C(C)C. The van der Waals surface area contributed by atoms with E-state index in [0.29, 0.717) is 39.8 Å². The second kappa shape index (κ2) is 7.85. The first-order chi connectivity index (χ1) is 13.8. The number of nitrogens with zero attached hydrogens (tertiary/aromatic N) is 4. The monoisotopic (exact) mass is 418 g/mol. The Hall–Kier alpha value is -2.29. The predicted octanol–water partition coefficient (Wildman–Crippen LogP) is 3.31. The fraction of sp³-hybridized carbons (Fsp3) is 0.450. The van der Waals surface area contributed by atoms with Crippen molar-refractivity contribution in [1.29, 1.82) is 0 Å². The molecule has 1 aromatic carbocycles. The minimum Gasteiger partial charge on any atom is -0.390 e. The first kappa shape index (κ1) is 20.0. The third-order valence-corrected chi connectivity index (χ3v) is 5.50. The number of imidazole rings is 1. The summed E-state index contributed by atoms with van der Waals surface area (Å²) in [5, 5.41) is 16.8. The topological polar surface area (TPSA) is 87.9 Å². The number of anilines is 1. The van der Waals surface area contributed by atoms with Crippen molar-refractivity contribution in [2.45, 2.75) is 45.4 Å². The molecule has 29 heavy (non-hydrogen) atoms. The number of piperidine rings is 1. The smallest absolute Gasteiger partial charge is 0.223 e. The summed E-state index contributed by atoms with van der Waals surface area (Å²) < 4.78 is 16.8. The number of β-amino-alcohol motifs (C(OH)–C–C–N with tert-alkyl or cyclic N) is 1. The van der Waals surface area contributed by atoms with Gasteiger partial charge in [-0.25, -0.2) is 19.3 Å². The number of hydrogen-bond donors (Lipinski definition) is 3. The van der Waals surface area contributed by atoms with Gasteiger partial charge < -0.3 is 20.3 Å². The van der Waals surface area contributed by atoms with Crippen LogP contribution < -0.4 is 10.6 Å². The van der Waals surface area contributed by atoms with Crippen molar-refractivity contribution < 1.29 is 9.50 Å². The highest BCUT2D eigenvalue weighted by atomic mass is 35.5. The molecule has 1 aliphatic heterocycles. The molecule has 4 rings (SSSR count). The van der Waals surface area contributed by atoms with Gasteiger partial charge in [0.2, 0.25) is 5.95 Å². The molecule has 0 amide bonds. The number of aliphatic hydroxyl groups is 1. The Bertz CT molecular complexity index is 1050. The molecule has 1 saturated heterocycles. The maximum atomic E-state index is 14.8. The zero-order valence-electron chi connectivity index (χ0n) is 16.6. The van der Waals surface area contributed by atoms with Crippen molar-refractivity contribution in [3.05, 3.63) is 35.0 Å². The summed E-state index contributed by atoms with van der Waals surface area (Å²) in [6.45, 7) is 7.24. The maximum absolute atomic E-state index is 14.8. The van der Waals surface area contributed by atoms with E-state index in [-0.39, 0.29) is 12.1 Å². The van der Waals surface area contributed by atoms with E-state index < -0.39 is 11.9 Å². The molecule has 3 N–H and O–H groups in total. The van der Waals surface area contributed by atoms with Crippen molar-refractivity contribution in [2.24, 2.45) is 0 Å². The van der Waals surface area contributed by atoms with Gasteiger partial charge in [-0.2, -0.15) is 0 Å². The molecule has 2 atom stereocenters. The van der Waals surface area contributed by atoms with E-state index in [0.717, 1.165) is 18.8 Å². The predicted molar refractivity (Wildman–Crippen MR) is 112 cm³/mol. The van der Waals surface area contributed by atoms with E-state index in [9.17, 15) is 9.50 Å². The van der Waals surface area contributed by atoms with E-state index in [1.807, 2.05) is 31.4 Å². The largest absolute Gasteiger partial charge is 0.390 e. The first-order valence-corrected chi connectivity index (χ1v) is 10.1. The number of halogens is 2. The van der Waals surface area contributed by atoms with Gasteiger partial charge in [-0.1, -0.05) is 11.6 Å². The molecule has 9 heteroatoms. The molecular formula is C20H24ClFN6O. The molecule has 1 fully saturated rings. The van der Waals surface area contributed by atoms with Crippen molar-refractivity contribution in [1.82, 2.24) is 24.8 Å².